The average Bonchev–Trinajstić information content (AvgIpc) is 2.59. The standard InChI is InChI=1S/C10H12N4OS/c1-14-9(15)12-13-10(14)16-6-7-4-2-3-5-8(7)11/h2-5H,6,11H2,1H3,(H,12,15). The Morgan fingerprint density at radius 1 is 1.50 bits per heavy atom. The Bertz CT molecular complexity index is 546. The zero-order valence-corrected chi connectivity index (χ0v) is 9.62. The van der Waals surface area contributed by atoms with Crippen molar-refractivity contribution in [3.63, 3.8) is 0 Å². The zero-order chi connectivity index (χ0) is 11.5. The molecule has 0 saturated carbocycles. The van der Waals surface area contributed by atoms with Crippen LogP contribution < -0.4 is 11.4 Å². The zero-order valence-electron chi connectivity index (χ0n) is 8.80. The Hall–Kier alpha value is -1.69. The van der Waals surface area contributed by atoms with Crippen molar-refractivity contribution in [3.05, 3.63) is 40.3 Å². The molecule has 0 spiro atoms. The van der Waals surface area contributed by atoms with Crippen molar-refractivity contribution in [1.82, 2.24) is 14.8 Å². The SMILES string of the molecule is Cn1c(SCc2ccccc2N)n[nH]c1=O. The molecule has 0 amide bonds. The molecule has 0 atom stereocenters. The molecule has 0 aliphatic heterocycles. The topological polar surface area (TPSA) is 76.7 Å². The van der Waals surface area contributed by atoms with Crippen LogP contribution in [0.1, 0.15) is 5.56 Å². The van der Waals surface area contributed by atoms with Gasteiger partial charge in [0, 0.05) is 18.5 Å². The van der Waals surface area contributed by atoms with Crippen LogP contribution in [0.25, 0.3) is 0 Å². The van der Waals surface area contributed by atoms with Gasteiger partial charge in [-0.2, -0.15) is 0 Å². The number of nitrogen functional groups attached to an aromatic ring is 1. The van der Waals surface area contributed by atoms with Gasteiger partial charge in [-0.15, -0.1) is 5.10 Å². The van der Waals surface area contributed by atoms with E-state index in [2.05, 4.69) is 10.2 Å². The molecule has 0 saturated heterocycles. The lowest BCUT2D eigenvalue weighted by atomic mass is 10.2. The molecule has 1 aromatic carbocycles. The highest BCUT2D eigenvalue weighted by Crippen LogP contribution is 2.22. The van der Waals surface area contributed by atoms with Gasteiger partial charge in [-0.25, -0.2) is 9.89 Å². The van der Waals surface area contributed by atoms with Gasteiger partial charge in [-0.1, -0.05) is 30.0 Å². The Morgan fingerprint density at radius 3 is 2.88 bits per heavy atom. The Balaban J connectivity index is 2.11. The summed E-state index contributed by atoms with van der Waals surface area (Å²) in [5, 5.41) is 6.96. The molecule has 16 heavy (non-hydrogen) atoms. The highest BCUT2D eigenvalue weighted by Gasteiger charge is 2.06. The number of thioether (sulfide) groups is 1. The van der Waals surface area contributed by atoms with E-state index in [1.165, 1.54) is 16.3 Å². The van der Waals surface area contributed by atoms with Gasteiger partial charge in [0.05, 0.1) is 0 Å². The number of nitrogens with two attached hydrogens (primary N) is 1. The highest BCUT2D eigenvalue weighted by molar-refractivity contribution is 7.98. The lowest BCUT2D eigenvalue weighted by Gasteiger charge is -2.03. The molecule has 0 aliphatic carbocycles. The largest absolute Gasteiger partial charge is 0.398 e. The van der Waals surface area contributed by atoms with E-state index in [9.17, 15) is 4.79 Å². The van der Waals surface area contributed by atoms with Crippen LogP contribution in [0.15, 0.2) is 34.2 Å². The highest BCUT2D eigenvalue weighted by atomic mass is 32.2. The predicted octanol–water partition coefficient (Wildman–Crippen LogP) is 0.983. The number of rotatable bonds is 3. The molecule has 0 bridgehead atoms. The molecule has 5 nitrogen and oxygen atoms in total. The van der Waals surface area contributed by atoms with E-state index in [-0.39, 0.29) is 5.69 Å². The lowest BCUT2D eigenvalue weighted by Crippen LogP contribution is -2.12. The summed E-state index contributed by atoms with van der Waals surface area (Å²) in [5.74, 6) is 0.699. The van der Waals surface area contributed by atoms with Crippen molar-refractivity contribution in [2.24, 2.45) is 7.05 Å². The van der Waals surface area contributed by atoms with Crippen LogP contribution in [0.4, 0.5) is 5.69 Å². The number of aromatic amines is 1. The van der Waals surface area contributed by atoms with Crippen molar-refractivity contribution in [1.29, 1.82) is 0 Å². The molecular formula is C10H12N4OS. The monoisotopic (exact) mass is 236 g/mol. The number of hydrogen-bond acceptors (Lipinski definition) is 4. The van der Waals surface area contributed by atoms with Crippen LogP contribution >= 0.6 is 11.8 Å². The summed E-state index contributed by atoms with van der Waals surface area (Å²) >= 11 is 1.48. The van der Waals surface area contributed by atoms with E-state index < -0.39 is 0 Å². The molecule has 1 heterocycles. The van der Waals surface area contributed by atoms with Crippen molar-refractivity contribution in [2.75, 3.05) is 5.73 Å². The van der Waals surface area contributed by atoms with Crippen molar-refractivity contribution in [3.8, 4) is 0 Å². The molecule has 0 radical (unpaired) electrons. The molecule has 0 fully saturated rings. The summed E-state index contributed by atoms with van der Waals surface area (Å²) in [4.78, 5) is 11.1. The minimum Gasteiger partial charge on any atom is -0.398 e. The summed E-state index contributed by atoms with van der Waals surface area (Å²) in [6.07, 6.45) is 0. The summed E-state index contributed by atoms with van der Waals surface area (Å²) in [6, 6.07) is 7.66. The van der Waals surface area contributed by atoms with E-state index in [0.717, 1.165) is 11.3 Å². The van der Waals surface area contributed by atoms with Crippen molar-refractivity contribution in [2.45, 2.75) is 10.9 Å². The van der Waals surface area contributed by atoms with Gasteiger partial charge < -0.3 is 5.73 Å². The van der Waals surface area contributed by atoms with Crippen LogP contribution in [0, 0.1) is 0 Å². The van der Waals surface area contributed by atoms with Crippen LogP contribution in [-0.4, -0.2) is 14.8 Å². The van der Waals surface area contributed by atoms with E-state index >= 15 is 0 Å². The summed E-state index contributed by atoms with van der Waals surface area (Å²) in [5.41, 5.74) is 7.42. The average molecular weight is 236 g/mol. The maximum absolute atomic E-state index is 11.1. The van der Waals surface area contributed by atoms with Crippen LogP contribution in [-0.2, 0) is 12.8 Å². The first-order valence-electron chi connectivity index (χ1n) is 4.76. The number of nitrogens with zero attached hydrogens (tertiary/aromatic N) is 2. The first-order valence-corrected chi connectivity index (χ1v) is 5.74. The predicted molar refractivity (Wildman–Crippen MR) is 64.2 cm³/mol. The Kier molecular flexibility index (Phi) is 3.00. The fourth-order valence-corrected chi connectivity index (χ4v) is 2.20. The van der Waals surface area contributed by atoms with Crippen molar-refractivity contribution < 1.29 is 0 Å². The van der Waals surface area contributed by atoms with E-state index in [0.29, 0.717) is 10.9 Å². The van der Waals surface area contributed by atoms with Gasteiger partial charge in [-0.05, 0) is 11.6 Å². The van der Waals surface area contributed by atoms with Gasteiger partial charge in [0.2, 0.25) is 0 Å². The molecule has 6 heteroatoms. The number of aromatic nitrogens is 3. The molecule has 2 rings (SSSR count). The fourth-order valence-electron chi connectivity index (χ4n) is 1.27. The molecular weight excluding hydrogens is 224 g/mol. The van der Waals surface area contributed by atoms with Crippen LogP contribution in [0.5, 0.6) is 0 Å². The van der Waals surface area contributed by atoms with Gasteiger partial charge in [0.1, 0.15) is 0 Å². The third kappa shape index (κ3) is 2.11. The van der Waals surface area contributed by atoms with Gasteiger partial charge in [0.15, 0.2) is 5.16 Å². The van der Waals surface area contributed by atoms with E-state index in [1.54, 1.807) is 7.05 Å². The number of benzene rings is 1. The fraction of sp³-hybridized carbons (Fsp3) is 0.200. The Labute approximate surface area is 96.7 Å². The number of anilines is 1. The van der Waals surface area contributed by atoms with E-state index in [4.69, 9.17) is 5.73 Å². The minimum absolute atomic E-state index is 0.205. The smallest absolute Gasteiger partial charge is 0.343 e. The van der Waals surface area contributed by atoms with Gasteiger partial charge in [0.25, 0.3) is 0 Å². The second-order valence-corrected chi connectivity index (χ2v) is 4.30. The summed E-state index contributed by atoms with van der Waals surface area (Å²) in [6.45, 7) is 0. The normalized spacial score (nSPS) is 10.6. The first-order chi connectivity index (χ1) is 7.68. The lowest BCUT2D eigenvalue weighted by molar-refractivity contribution is 0.766. The number of H-pyrrole nitrogens is 1. The molecule has 0 aliphatic rings. The second kappa shape index (κ2) is 4.44. The van der Waals surface area contributed by atoms with Gasteiger partial charge in [-0.3, -0.25) is 4.57 Å². The molecule has 3 N–H and O–H groups in total. The minimum atomic E-state index is -0.205. The maximum Gasteiger partial charge on any atom is 0.343 e. The van der Waals surface area contributed by atoms with Crippen LogP contribution in [0.2, 0.25) is 0 Å². The number of nitrogens with one attached hydrogen (secondary N) is 1. The molecule has 1 aromatic heterocycles. The van der Waals surface area contributed by atoms with Gasteiger partial charge >= 0.3 is 5.69 Å². The molecule has 2 aromatic rings. The maximum atomic E-state index is 11.1. The quantitative estimate of drug-likeness (QED) is 0.615. The molecule has 0 unspecified atom stereocenters. The summed E-state index contributed by atoms with van der Waals surface area (Å²) < 4.78 is 1.48. The molecule has 84 valence electrons. The third-order valence-corrected chi connectivity index (χ3v) is 3.33. The number of hydrogen-bond donors (Lipinski definition) is 2. The van der Waals surface area contributed by atoms with Crippen molar-refractivity contribution >= 4 is 17.4 Å². The van der Waals surface area contributed by atoms with E-state index in [1.807, 2.05) is 24.3 Å². The first kappa shape index (κ1) is 10.8. The van der Waals surface area contributed by atoms with Crippen LogP contribution in [0.3, 0.4) is 0 Å². The third-order valence-electron chi connectivity index (χ3n) is 2.25. The second-order valence-electron chi connectivity index (χ2n) is 3.36. The summed E-state index contributed by atoms with van der Waals surface area (Å²) in [7, 11) is 1.68. The number of para-hydroxylation sites is 1. The Morgan fingerprint density at radius 2 is 2.25 bits per heavy atom.